The van der Waals surface area contributed by atoms with Gasteiger partial charge in [0.05, 0.1) is 22.5 Å². The molecule has 0 amide bonds. The average Bonchev–Trinajstić information content (AvgIpc) is 2.45. The van der Waals surface area contributed by atoms with E-state index in [9.17, 15) is 19.8 Å². The van der Waals surface area contributed by atoms with Crippen LogP contribution < -0.4 is 0 Å². The number of carbonyl (C=O) groups excluding carboxylic acids is 2. The fraction of sp³-hybridized carbons (Fsp3) is 0. The predicted molar refractivity (Wildman–Crippen MR) is 71.2 cm³/mol. The first kappa shape index (κ1) is 13.4. The van der Waals surface area contributed by atoms with Crippen molar-refractivity contribution in [3.63, 3.8) is 0 Å². The Bertz CT molecular complexity index is 636. The highest BCUT2D eigenvalue weighted by Crippen LogP contribution is 2.27. The molecule has 2 rings (SSSR count). The van der Waals surface area contributed by atoms with Gasteiger partial charge in [-0.2, -0.15) is 10.2 Å². The Kier molecular flexibility index (Phi) is 3.85. The normalized spacial score (nSPS) is 10.6. The molecule has 0 spiro atoms. The molecule has 0 unspecified atom stereocenters. The number of azo groups is 1. The zero-order chi connectivity index (χ0) is 14.5. The predicted octanol–water partition coefficient (Wildman–Crippen LogP) is 3.14. The minimum atomic E-state index is -0.185. The second-order valence-electron chi connectivity index (χ2n) is 3.92. The van der Waals surface area contributed by atoms with Crippen LogP contribution in [0.15, 0.2) is 46.6 Å². The number of aldehydes is 2. The summed E-state index contributed by atoms with van der Waals surface area (Å²) in [7, 11) is 0. The highest BCUT2D eigenvalue weighted by atomic mass is 16.3. The lowest BCUT2D eigenvalue weighted by Gasteiger charge is -1.99. The summed E-state index contributed by atoms with van der Waals surface area (Å²) in [4.78, 5) is 21.1. The van der Waals surface area contributed by atoms with Gasteiger partial charge in [-0.05, 0) is 24.3 Å². The standard InChI is InChI=1S/C14H10N2O4/c17-7-9-1-3-11(5-13(9)19)15-16-12-4-2-10(8-18)14(20)6-12/h1-8,19-20H. The highest BCUT2D eigenvalue weighted by molar-refractivity contribution is 5.80. The van der Waals surface area contributed by atoms with E-state index in [0.717, 1.165) is 0 Å². The third-order valence-corrected chi connectivity index (χ3v) is 2.56. The van der Waals surface area contributed by atoms with Crippen molar-refractivity contribution in [1.29, 1.82) is 0 Å². The van der Waals surface area contributed by atoms with E-state index in [1.807, 2.05) is 0 Å². The van der Waals surface area contributed by atoms with Crippen LogP contribution in [0.1, 0.15) is 20.7 Å². The van der Waals surface area contributed by atoms with Gasteiger partial charge >= 0.3 is 0 Å². The first-order valence-corrected chi connectivity index (χ1v) is 5.62. The number of nitrogens with zero attached hydrogens (tertiary/aromatic N) is 2. The summed E-state index contributed by atoms with van der Waals surface area (Å²) in [5.41, 5.74) is 1.04. The summed E-state index contributed by atoms with van der Waals surface area (Å²) in [6, 6.07) is 8.48. The molecule has 0 saturated heterocycles. The molecule has 0 fully saturated rings. The fourth-order valence-corrected chi connectivity index (χ4v) is 1.50. The van der Waals surface area contributed by atoms with Crippen molar-refractivity contribution < 1.29 is 19.8 Å². The number of phenolic OH excluding ortho intramolecular Hbond substituents is 2. The van der Waals surface area contributed by atoms with E-state index in [2.05, 4.69) is 10.2 Å². The lowest BCUT2D eigenvalue weighted by Crippen LogP contribution is -1.80. The number of carbonyl (C=O) groups is 2. The van der Waals surface area contributed by atoms with Crippen LogP contribution in [0.25, 0.3) is 0 Å². The Balaban J connectivity index is 2.25. The van der Waals surface area contributed by atoms with Gasteiger partial charge in [0, 0.05) is 12.1 Å². The van der Waals surface area contributed by atoms with Gasteiger partial charge < -0.3 is 10.2 Å². The smallest absolute Gasteiger partial charge is 0.153 e. The van der Waals surface area contributed by atoms with E-state index < -0.39 is 0 Å². The Morgan fingerprint density at radius 1 is 0.750 bits per heavy atom. The van der Waals surface area contributed by atoms with Crippen LogP contribution in [0.5, 0.6) is 11.5 Å². The monoisotopic (exact) mass is 270 g/mol. The van der Waals surface area contributed by atoms with Gasteiger partial charge in [0.2, 0.25) is 0 Å². The van der Waals surface area contributed by atoms with Gasteiger partial charge in [-0.25, -0.2) is 0 Å². The molecule has 2 N–H and O–H groups in total. The van der Waals surface area contributed by atoms with Crippen molar-refractivity contribution >= 4 is 23.9 Å². The number of rotatable bonds is 4. The molecule has 2 aromatic carbocycles. The molecule has 0 bridgehead atoms. The maximum absolute atomic E-state index is 10.5. The van der Waals surface area contributed by atoms with E-state index in [1.54, 1.807) is 0 Å². The molecule has 6 heteroatoms. The lowest BCUT2D eigenvalue weighted by molar-refractivity contribution is 0.111. The minimum absolute atomic E-state index is 0.164. The molecule has 0 atom stereocenters. The molecule has 0 aliphatic carbocycles. The molecule has 0 heterocycles. The van der Waals surface area contributed by atoms with E-state index in [0.29, 0.717) is 23.9 Å². The van der Waals surface area contributed by atoms with Crippen molar-refractivity contribution in [3.8, 4) is 11.5 Å². The first-order valence-electron chi connectivity index (χ1n) is 5.62. The van der Waals surface area contributed by atoms with Crippen molar-refractivity contribution in [2.24, 2.45) is 10.2 Å². The summed E-state index contributed by atoms with van der Waals surface area (Å²) in [6.45, 7) is 0. The van der Waals surface area contributed by atoms with Crippen LogP contribution in [-0.4, -0.2) is 22.8 Å². The molecular weight excluding hydrogens is 260 g/mol. The van der Waals surface area contributed by atoms with Gasteiger partial charge in [-0.15, -0.1) is 0 Å². The van der Waals surface area contributed by atoms with Crippen molar-refractivity contribution in [2.45, 2.75) is 0 Å². The molecule has 0 aliphatic heterocycles. The number of phenols is 2. The Hall–Kier alpha value is -3.02. The van der Waals surface area contributed by atoms with Crippen LogP contribution in [0.4, 0.5) is 11.4 Å². The molecule has 2 aromatic rings. The Labute approximate surface area is 114 Å². The minimum Gasteiger partial charge on any atom is -0.507 e. The number of hydrogen-bond acceptors (Lipinski definition) is 6. The summed E-state index contributed by atoms with van der Waals surface area (Å²) in [5, 5.41) is 26.7. The SMILES string of the molecule is O=Cc1ccc(N=Nc2ccc(C=O)c(O)c2)cc1O. The molecular formula is C14H10N2O4. The lowest BCUT2D eigenvalue weighted by atomic mass is 10.2. The summed E-state index contributed by atoms with van der Waals surface area (Å²) in [5.74, 6) is -0.369. The topological polar surface area (TPSA) is 99.3 Å². The highest BCUT2D eigenvalue weighted by Gasteiger charge is 2.02. The van der Waals surface area contributed by atoms with Crippen LogP contribution in [0, 0.1) is 0 Å². The summed E-state index contributed by atoms with van der Waals surface area (Å²) < 4.78 is 0. The van der Waals surface area contributed by atoms with Crippen molar-refractivity contribution in [3.05, 3.63) is 47.5 Å². The third-order valence-electron chi connectivity index (χ3n) is 2.56. The van der Waals surface area contributed by atoms with E-state index in [-0.39, 0.29) is 22.6 Å². The molecule has 0 aromatic heterocycles. The number of aromatic hydroxyl groups is 2. The van der Waals surface area contributed by atoms with Gasteiger partial charge in [0.25, 0.3) is 0 Å². The number of hydrogen-bond donors (Lipinski definition) is 2. The third kappa shape index (κ3) is 2.86. The fourth-order valence-electron chi connectivity index (χ4n) is 1.50. The van der Waals surface area contributed by atoms with Gasteiger partial charge in [0.15, 0.2) is 12.6 Å². The first-order chi connectivity index (χ1) is 9.63. The van der Waals surface area contributed by atoms with E-state index in [4.69, 9.17) is 0 Å². The molecule has 0 radical (unpaired) electrons. The summed E-state index contributed by atoms with van der Waals surface area (Å²) in [6.07, 6.45) is 1.07. The maximum atomic E-state index is 10.5. The molecule has 100 valence electrons. The van der Waals surface area contributed by atoms with Crippen LogP contribution in [0.2, 0.25) is 0 Å². The second kappa shape index (κ2) is 5.75. The van der Waals surface area contributed by atoms with Gasteiger partial charge in [-0.1, -0.05) is 0 Å². The van der Waals surface area contributed by atoms with E-state index >= 15 is 0 Å². The van der Waals surface area contributed by atoms with Crippen molar-refractivity contribution in [2.75, 3.05) is 0 Å². The molecule has 6 nitrogen and oxygen atoms in total. The molecule has 20 heavy (non-hydrogen) atoms. The Morgan fingerprint density at radius 3 is 1.45 bits per heavy atom. The number of benzene rings is 2. The van der Waals surface area contributed by atoms with Crippen molar-refractivity contribution in [1.82, 2.24) is 0 Å². The Morgan fingerprint density at radius 2 is 1.15 bits per heavy atom. The van der Waals surface area contributed by atoms with Crippen LogP contribution >= 0.6 is 0 Å². The molecule has 0 aliphatic rings. The maximum Gasteiger partial charge on any atom is 0.153 e. The van der Waals surface area contributed by atoms with E-state index in [1.165, 1.54) is 36.4 Å². The second-order valence-corrected chi connectivity index (χ2v) is 3.92. The van der Waals surface area contributed by atoms with Crippen LogP contribution in [0.3, 0.4) is 0 Å². The van der Waals surface area contributed by atoms with Crippen LogP contribution in [-0.2, 0) is 0 Å². The van der Waals surface area contributed by atoms with Gasteiger partial charge in [0.1, 0.15) is 11.5 Å². The zero-order valence-electron chi connectivity index (χ0n) is 10.2. The quantitative estimate of drug-likeness (QED) is 0.658. The summed E-state index contributed by atoms with van der Waals surface area (Å²) >= 11 is 0. The average molecular weight is 270 g/mol. The largest absolute Gasteiger partial charge is 0.507 e. The van der Waals surface area contributed by atoms with Gasteiger partial charge in [-0.3, -0.25) is 9.59 Å². The zero-order valence-corrected chi connectivity index (χ0v) is 10.2. The molecule has 0 saturated carbocycles.